The zero-order valence-electron chi connectivity index (χ0n) is 9.65. The second-order valence-corrected chi connectivity index (χ2v) is 3.90. The van der Waals surface area contributed by atoms with Gasteiger partial charge < -0.3 is 9.57 Å². The minimum atomic E-state index is -1.07. The van der Waals surface area contributed by atoms with Gasteiger partial charge in [-0.05, 0) is 18.4 Å². The third-order valence-corrected chi connectivity index (χ3v) is 2.67. The van der Waals surface area contributed by atoms with Crippen LogP contribution < -0.4 is 11.2 Å². The highest BCUT2D eigenvalue weighted by atomic mass is 19.1. The summed E-state index contributed by atoms with van der Waals surface area (Å²) in [5.74, 6) is -1.06. The van der Waals surface area contributed by atoms with E-state index < -0.39 is 23.3 Å². The summed E-state index contributed by atoms with van der Waals surface area (Å²) in [6.45, 7) is 0.0428. The van der Waals surface area contributed by atoms with Crippen LogP contribution in [0.15, 0.2) is 21.1 Å². The Morgan fingerprint density at radius 2 is 2.42 bits per heavy atom. The summed E-state index contributed by atoms with van der Waals surface area (Å²) in [7, 11) is 0. The van der Waals surface area contributed by atoms with Crippen molar-refractivity contribution in [3.8, 4) is 0 Å². The van der Waals surface area contributed by atoms with Crippen molar-refractivity contribution in [1.29, 1.82) is 0 Å². The molecule has 1 aliphatic rings. The van der Waals surface area contributed by atoms with Gasteiger partial charge in [0.1, 0.15) is 18.1 Å². The SMILES string of the molecule is [N-]=[N+]=NOC[C@@H]1CC[C@H](n2cc(F)c(=O)[nH]c2=O)O1. The van der Waals surface area contributed by atoms with Gasteiger partial charge in [-0.1, -0.05) is 0 Å². The average Bonchev–Trinajstić information content (AvgIpc) is 2.83. The molecule has 10 heteroatoms. The van der Waals surface area contributed by atoms with E-state index in [9.17, 15) is 14.0 Å². The van der Waals surface area contributed by atoms with Crippen LogP contribution in [-0.4, -0.2) is 22.3 Å². The lowest BCUT2D eigenvalue weighted by Crippen LogP contribution is -2.34. The van der Waals surface area contributed by atoms with Gasteiger partial charge in [0.2, 0.25) is 5.82 Å². The Morgan fingerprint density at radius 3 is 3.16 bits per heavy atom. The van der Waals surface area contributed by atoms with Crippen LogP contribution in [0.1, 0.15) is 19.1 Å². The topological polar surface area (TPSA) is 122 Å². The molecule has 102 valence electrons. The fourth-order valence-electron chi connectivity index (χ4n) is 1.83. The fourth-order valence-corrected chi connectivity index (χ4v) is 1.83. The molecule has 1 N–H and O–H groups in total. The second-order valence-electron chi connectivity index (χ2n) is 3.90. The van der Waals surface area contributed by atoms with Crippen LogP contribution in [0.4, 0.5) is 4.39 Å². The van der Waals surface area contributed by atoms with Crippen LogP contribution in [0.5, 0.6) is 0 Å². The number of rotatable bonds is 4. The Labute approximate surface area is 105 Å². The van der Waals surface area contributed by atoms with Crippen molar-refractivity contribution in [2.45, 2.75) is 25.2 Å². The summed E-state index contributed by atoms with van der Waals surface area (Å²) < 4.78 is 19.5. The number of H-pyrrole nitrogens is 1. The molecule has 2 atom stereocenters. The molecule has 0 radical (unpaired) electrons. The number of hydrogen-bond acceptors (Lipinski definition) is 5. The first-order chi connectivity index (χ1) is 9.11. The number of aromatic amines is 1. The van der Waals surface area contributed by atoms with Gasteiger partial charge in [-0.25, -0.2) is 4.79 Å². The van der Waals surface area contributed by atoms with Gasteiger partial charge in [0.25, 0.3) is 5.56 Å². The highest BCUT2D eigenvalue weighted by molar-refractivity contribution is 4.89. The van der Waals surface area contributed by atoms with Crippen LogP contribution >= 0.6 is 0 Å². The molecular weight excluding hydrogens is 261 g/mol. The quantitative estimate of drug-likeness (QED) is 0.372. The van der Waals surface area contributed by atoms with Gasteiger partial charge in [-0.2, -0.15) is 4.39 Å². The third-order valence-electron chi connectivity index (χ3n) is 2.67. The number of aromatic nitrogens is 2. The molecule has 1 aliphatic heterocycles. The summed E-state index contributed by atoms with van der Waals surface area (Å²) >= 11 is 0. The summed E-state index contributed by atoms with van der Waals surface area (Å²) in [5.41, 5.74) is 6.23. The molecule has 1 fully saturated rings. The predicted octanol–water partition coefficient (Wildman–Crippen LogP) is 0.595. The van der Waals surface area contributed by atoms with E-state index in [1.807, 2.05) is 4.98 Å². The van der Waals surface area contributed by atoms with E-state index in [1.165, 1.54) is 0 Å². The normalized spacial score (nSPS) is 21.9. The van der Waals surface area contributed by atoms with Gasteiger partial charge in [0.15, 0.2) is 0 Å². The van der Waals surface area contributed by atoms with E-state index in [0.717, 1.165) is 10.8 Å². The lowest BCUT2D eigenvalue weighted by Gasteiger charge is -2.14. The second kappa shape index (κ2) is 5.55. The lowest BCUT2D eigenvalue weighted by molar-refractivity contribution is -0.0434. The van der Waals surface area contributed by atoms with Gasteiger partial charge in [0.05, 0.1) is 12.3 Å². The molecule has 0 aromatic carbocycles. The molecule has 1 saturated heterocycles. The van der Waals surface area contributed by atoms with Gasteiger partial charge >= 0.3 is 5.69 Å². The molecule has 0 spiro atoms. The highest BCUT2D eigenvalue weighted by Gasteiger charge is 2.28. The van der Waals surface area contributed by atoms with Gasteiger partial charge in [-0.15, -0.1) is 0 Å². The summed E-state index contributed by atoms with van der Waals surface area (Å²) in [6, 6.07) is 0. The van der Waals surface area contributed by atoms with E-state index in [2.05, 4.69) is 15.0 Å². The lowest BCUT2D eigenvalue weighted by atomic mass is 10.2. The molecule has 1 aromatic rings. The highest BCUT2D eigenvalue weighted by Crippen LogP contribution is 2.27. The van der Waals surface area contributed by atoms with Crippen LogP contribution in [0, 0.1) is 5.82 Å². The molecular formula is C9H10FN5O4. The third kappa shape index (κ3) is 2.92. The minimum absolute atomic E-state index is 0.0428. The average molecular weight is 271 g/mol. The Bertz CT molecular complexity index is 620. The van der Waals surface area contributed by atoms with Crippen molar-refractivity contribution in [3.63, 3.8) is 0 Å². The van der Waals surface area contributed by atoms with E-state index >= 15 is 0 Å². The van der Waals surface area contributed by atoms with Crippen LogP contribution in [0.25, 0.3) is 10.4 Å². The number of nitrogens with zero attached hydrogens (tertiary/aromatic N) is 4. The number of halogens is 1. The van der Waals surface area contributed by atoms with Crippen molar-refractivity contribution in [2.75, 3.05) is 6.61 Å². The standard InChI is InChI=1S/C9H10FN5O4/c10-6-3-15(9(17)12-8(6)16)7-2-1-5(19-7)4-18-14-13-11/h3,5,7H,1-2,4H2,(H,12,16,17)/t5-,7+/m0/s1. The Balaban J connectivity index is 2.08. The first-order valence-corrected chi connectivity index (χ1v) is 5.44. The molecule has 9 nitrogen and oxygen atoms in total. The number of nitrogens with one attached hydrogen (secondary N) is 1. The maximum atomic E-state index is 13.1. The van der Waals surface area contributed by atoms with E-state index in [1.54, 1.807) is 0 Å². The van der Waals surface area contributed by atoms with Gasteiger partial charge in [0, 0.05) is 4.91 Å². The zero-order chi connectivity index (χ0) is 13.8. The maximum absolute atomic E-state index is 13.1. The molecule has 0 unspecified atom stereocenters. The van der Waals surface area contributed by atoms with Crippen molar-refractivity contribution in [2.24, 2.45) is 5.28 Å². The monoisotopic (exact) mass is 271 g/mol. The molecule has 1 aromatic heterocycles. The smallest absolute Gasteiger partial charge is 0.330 e. The van der Waals surface area contributed by atoms with Crippen molar-refractivity contribution < 1.29 is 14.0 Å². The zero-order valence-corrected chi connectivity index (χ0v) is 9.65. The summed E-state index contributed by atoms with van der Waals surface area (Å²) in [4.78, 5) is 31.3. The first kappa shape index (κ1) is 13.1. The molecule has 0 saturated carbocycles. The molecule has 2 heterocycles. The van der Waals surface area contributed by atoms with E-state index in [4.69, 9.17) is 10.3 Å². The Hall–Kier alpha value is -2.32. The molecule has 19 heavy (non-hydrogen) atoms. The maximum Gasteiger partial charge on any atom is 0.330 e. The van der Waals surface area contributed by atoms with Crippen molar-refractivity contribution in [1.82, 2.24) is 9.55 Å². The summed E-state index contributed by atoms with van der Waals surface area (Å²) in [5, 5.41) is 2.90. The molecule has 0 amide bonds. The van der Waals surface area contributed by atoms with E-state index in [0.29, 0.717) is 12.8 Å². The predicted molar refractivity (Wildman–Crippen MR) is 59.5 cm³/mol. The van der Waals surface area contributed by atoms with Crippen molar-refractivity contribution in [3.05, 3.63) is 43.3 Å². The van der Waals surface area contributed by atoms with E-state index in [-0.39, 0.29) is 12.7 Å². The Morgan fingerprint density at radius 1 is 1.63 bits per heavy atom. The minimum Gasteiger partial charge on any atom is -0.431 e. The van der Waals surface area contributed by atoms with Crippen LogP contribution in [0.2, 0.25) is 0 Å². The molecule has 0 aliphatic carbocycles. The van der Waals surface area contributed by atoms with Crippen molar-refractivity contribution >= 4 is 0 Å². The largest absolute Gasteiger partial charge is 0.431 e. The van der Waals surface area contributed by atoms with Crippen LogP contribution in [-0.2, 0) is 9.57 Å². The molecule has 0 bridgehead atoms. The van der Waals surface area contributed by atoms with Crippen LogP contribution in [0.3, 0.4) is 0 Å². The van der Waals surface area contributed by atoms with Gasteiger partial charge in [-0.3, -0.25) is 14.3 Å². The number of ether oxygens (including phenoxy) is 1. The Kier molecular flexibility index (Phi) is 3.83. The fraction of sp³-hybridized carbons (Fsp3) is 0.556. The number of azide groups is 1. The first-order valence-electron chi connectivity index (χ1n) is 5.44. The number of hydrogen-bond donors (Lipinski definition) is 1. The molecule has 2 rings (SSSR count). The summed E-state index contributed by atoms with van der Waals surface area (Å²) in [6.07, 6.45) is 0.771.